The molecule has 7 heteroatoms. The van der Waals surface area contributed by atoms with E-state index in [2.05, 4.69) is 17.6 Å². The van der Waals surface area contributed by atoms with Gasteiger partial charge in [0.15, 0.2) is 0 Å². The van der Waals surface area contributed by atoms with Gasteiger partial charge in [0.1, 0.15) is 0 Å². The van der Waals surface area contributed by atoms with Crippen molar-refractivity contribution in [2.45, 2.75) is 90.9 Å². The third-order valence-corrected chi connectivity index (χ3v) is 8.10. The fourth-order valence-electron chi connectivity index (χ4n) is 5.78. The number of nitrogens with zero attached hydrogens (tertiary/aromatic N) is 1. The van der Waals surface area contributed by atoms with E-state index in [-0.39, 0.29) is 35.5 Å². The number of benzene rings is 2. The second kappa shape index (κ2) is 14.8. The summed E-state index contributed by atoms with van der Waals surface area (Å²) in [6.45, 7) is 4.21. The highest BCUT2D eigenvalue weighted by Crippen LogP contribution is 2.39. The van der Waals surface area contributed by atoms with E-state index < -0.39 is 0 Å². The Morgan fingerprint density at radius 3 is 2.17 bits per heavy atom. The van der Waals surface area contributed by atoms with Gasteiger partial charge in [0.25, 0.3) is 5.91 Å². The van der Waals surface area contributed by atoms with E-state index >= 15 is 0 Å². The van der Waals surface area contributed by atoms with Gasteiger partial charge in [0.05, 0.1) is 17.5 Å². The first-order valence-corrected chi connectivity index (χ1v) is 15.2. The molecule has 4 rings (SSSR count). The molecule has 1 heterocycles. The second-order valence-electron chi connectivity index (χ2n) is 11.4. The average molecular weight is 558 g/mol. The SMILES string of the molecule is CCCCCCCCCCCC(=O)Nc1cccc(NC(=O)c2cccc(N3C(=O)[C@H]4CC=C(C)C[C@@H]4C3=O)c2)c1. The number of rotatable bonds is 14. The molecule has 1 fully saturated rings. The zero-order chi connectivity index (χ0) is 29.2. The van der Waals surface area contributed by atoms with Crippen LogP contribution < -0.4 is 15.5 Å². The Balaban J connectivity index is 1.27. The van der Waals surface area contributed by atoms with E-state index in [9.17, 15) is 19.2 Å². The highest BCUT2D eigenvalue weighted by Gasteiger charge is 2.48. The standard InChI is InChI=1S/C34H43N3O4/c1-3-4-5-6-7-8-9-10-11-18-31(38)35-26-15-13-16-27(23-26)36-32(39)25-14-12-17-28(22-25)37-33(40)29-20-19-24(2)21-30(29)34(37)41/h12-17,19,22-23,29-30H,3-11,18,20-21H2,1-2H3,(H,35,38)(H,36,39)/t29-,30-/m0/s1. The summed E-state index contributed by atoms with van der Waals surface area (Å²) >= 11 is 0. The normalized spacial score (nSPS) is 18.2. The first-order chi connectivity index (χ1) is 19.9. The van der Waals surface area contributed by atoms with Gasteiger partial charge >= 0.3 is 0 Å². The summed E-state index contributed by atoms with van der Waals surface area (Å²) < 4.78 is 0. The topological polar surface area (TPSA) is 95.6 Å². The van der Waals surface area contributed by atoms with E-state index in [4.69, 9.17) is 0 Å². The van der Waals surface area contributed by atoms with Crippen LogP contribution in [0.25, 0.3) is 0 Å². The molecule has 0 saturated carbocycles. The van der Waals surface area contributed by atoms with Crippen molar-refractivity contribution >= 4 is 40.7 Å². The van der Waals surface area contributed by atoms with Crippen LogP contribution >= 0.6 is 0 Å². The largest absolute Gasteiger partial charge is 0.326 e. The number of unbranched alkanes of at least 4 members (excludes halogenated alkanes) is 8. The summed E-state index contributed by atoms with van der Waals surface area (Å²) in [5.74, 6) is -1.46. The van der Waals surface area contributed by atoms with Crippen molar-refractivity contribution in [1.82, 2.24) is 0 Å². The molecule has 1 aliphatic carbocycles. The molecule has 0 unspecified atom stereocenters. The fourth-order valence-corrected chi connectivity index (χ4v) is 5.78. The lowest BCUT2D eigenvalue weighted by atomic mass is 9.82. The summed E-state index contributed by atoms with van der Waals surface area (Å²) in [4.78, 5) is 52.9. The number of hydrogen-bond acceptors (Lipinski definition) is 4. The molecular formula is C34H43N3O4. The Morgan fingerprint density at radius 2 is 1.44 bits per heavy atom. The minimum Gasteiger partial charge on any atom is -0.326 e. The Kier molecular flexibility index (Phi) is 10.9. The number of hydrogen-bond donors (Lipinski definition) is 2. The van der Waals surface area contributed by atoms with E-state index in [0.717, 1.165) is 18.4 Å². The van der Waals surface area contributed by atoms with Gasteiger partial charge in [-0.15, -0.1) is 0 Å². The molecule has 2 atom stereocenters. The molecule has 2 N–H and O–H groups in total. The number of fused-ring (bicyclic) bond motifs is 1. The Morgan fingerprint density at radius 1 is 0.805 bits per heavy atom. The number of nitrogens with one attached hydrogen (secondary N) is 2. The highest BCUT2D eigenvalue weighted by atomic mass is 16.2. The Labute approximate surface area is 243 Å². The molecule has 0 bridgehead atoms. The maximum Gasteiger partial charge on any atom is 0.255 e. The molecule has 0 aromatic heterocycles. The first kappa shape index (κ1) is 30.2. The van der Waals surface area contributed by atoms with Crippen LogP contribution in [-0.4, -0.2) is 23.6 Å². The van der Waals surface area contributed by atoms with Gasteiger partial charge in [0.2, 0.25) is 17.7 Å². The quantitative estimate of drug-likeness (QED) is 0.142. The molecule has 4 amide bonds. The summed E-state index contributed by atoms with van der Waals surface area (Å²) in [5.41, 5.74) is 3.05. The van der Waals surface area contributed by atoms with Crippen LogP contribution in [0.15, 0.2) is 60.2 Å². The van der Waals surface area contributed by atoms with Gasteiger partial charge < -0.3 is 10.6 Å². The number of amides is 4. The number of imide groups is 1. The monoisotopic (exact) mass is 557 g/mol. The summed E-state index contributed by atoms with van der Waals surface area (Å²) in [7, 11) is 0. The number of anilines is 3. The van der Waals surface area contributed by atoms with E-state index in [1.807, 2.05) is 13.0 Å². The molecule has 0 radical (unpaired) electrons. The molecule has 1 aliphatic heterocycles. The van der Waals surface area contributed by atoms with Gasteiger partial charge in [-0.25, -0.2) is 0 Å². The lowest BCUT2D eigenvalue weighted by Crippen LogP contribution is -2.31. The smallest absolute Gasteiger partial charge is 0.255 e. The van der Waals surface area contributed by atoms with E-state index in [1.165, 1.54) is 49.8 Å². The van der Waals surface area contributed by atoms with Crippen LogP contribution in [0.4, 0.5) is 17.1 Å². The summed E-state index contributed by atoms with van der Waals surface area (Å²) in [5, 5.41) is 5.79. The molecule has 2 aromatic rings. The lowest BCUT2D eigenvalue weighted by molar-refractivity contribution is -0.122. The maximum atomic E-state index is 13.1. The van der Waals surface area contributed by atoms with Crippen LogP contribution in [0.2, 0.25) is 0 Å². The second-order valence-corrected chi connectivity index (χ2v) is 11.4. The van der Waals surface area contributed by atoms with Crippen molar-refractivity contribution in [1.29, 1.82) is 0 Å². The van der Waals surface area contributed by atoms with Crippen molar-refractivity contribution in [3.8, 4) is 0 Å². The predicted molar refractivity (Wildman–Crippen MR) is 164 cm³/mol. The molecule has 0 spiro atoms. The number of carbonyl (C=O) groups is 4. The van der Waals surface area contributed by atoms with Crippen molar-refractivity contribution in [2.75, 3.05) is 15.5 Å². The van der Waals surface area contributed by atoms with Gasteiger partial charge in [-0.3, -0.25) is 24.1 Å². The highest BCUT2D eigenvalue weighted by molar-refractivity contribution is 6.22. The van der Waals surface area contributed by atoms with E-state index in [1.54, 1.807) is 48.5 Å². The molecular weight excluding hydrogens is 514 g/mol. The van der Waals surface area contributed by atoms with Crippen LogP contribution in [0, 0.1) is 11.8 Å². The molecule has 41 heavy (non-hydrogen) atoms. The summed E-state index contributed by atoms with van der Waals surface area (Å²) in [6, 6.07) is 13.7. The molecule has 2 aliphatic rings. The number of allylic oxidation sites excluding steroid dienone is 2. The van der Waals surface area contributed by atoms with Gasteiger partial charge in [-0.1, -0.05) is 82.1 Å². The van der Waals surface area contributed by atoms with E-state index in [0.29, 0.717) is 41.9 Å². The van der Waals surface area contributed by atoms with Crippen molar-refractivity contribution < 1.29 is 19.2 Å². The Hall–Kier alpha value is -3.74. The van der Waals surface area contributed by atoms with Crippen LogP contribution in [0.3, 0.4) is 0 Å². The van der Waals surface area contributed by atoms with Gasteiger partial charge in [-0.2, -0.15) is 0 Å². The third-order valence-electron chi connectivity index (χ3n) is 8.10. The van der Waals surface area contributed by atoms with Crippen molar-refractivity contribution in [3.63, 3.8) is 0 Å². The van der Waals surface area contributed by atoms with Gasteiger partial charge in [-0.05, 0) is 62.6 Å². The Bertz CT molecular complexity index is 1280. The zero-order valence-electron chi connectivity index (χ0n) is 24.4. The number of carbonyl (C=O) groups excluding carboxylic acids is 4. The van der Waals surface area contributed by atoms with Gasteiger partial charge in [0, 0.05) is 23.4 Å². The van der Waals surface area contributed by atoms with Crippen LogP contribution in [0.5, 0.6) is 0 Å². The predicted octanol–water partition coefficient (Wildman–Crippen LogP) is 7.64. The molecule has 2 aromatic carbocycles. The van der Waals surface area contributed by atoms with Crippen molar-refractivity contribution in [2.24, 2.45) is 11.8 Å². The minimum absolute atomic E-state index is 0.0324. The average Bonchev–Trinajstić information content (AvgIpc) is 3.21. The van der Waals surface area contributed by atoms with Crippen molar-refractivity contribution in [3.05, 3.63) is 65.7 Å². The third kappa shape index (κ3) is 8.15. The first-order valence-electron chi connectivity index (χ1n) is 15.2. The maximum absolute atomic E-state index is 13.1. The molecule has 7 nitrogen and oxygen atoms in total. The minimum atomic E-state index is -0.362. The van der Waals surface area contributed by atoms with Crippen LogP contribution in [0.1, 0.15) is 101 Å². The fraction of sp³-hybridized carbons (Fsp3) is 0.471. The zero-order valence-corrected chi connectivity index (χ0v) is 24.4. The molecule has 1 saturated heterocycles. The van der Waals surface area contributed by atoms with Crippen LogP contribution in [-0.2, 0) is 14.4 Å². The lowest BCUT2D eigenvalue weighted by Gasteiger charge is -2.18. The molecule has 218 valence electrons. The summed E-state index contributed by atoms with van der Waals surface area (Å²) in [6.07, 6.45) is 14.5.